The van der Waals surface area contributed by atoms with Crippen molar-refractivity contribution in [2.45, 2.75) is 0 Å². The fraction of sp³-hybridized carbons (Fsp3) is 0.500. The molecule has 0 radical (unpaired) electrons. The molecule has 0 aliphatic heterocycles. The maximum Gasteiger partial charge on any atom is 0.184 e. The van der Waals surface area contributed by atoms with E-state index in [2.05, 4.69) is 15.3 Å². The monoisotopic (exact) mass is 162 g/mol. The first-order valence-electron chi connectivity index (χ1n) is 2.49. The van der Waals surface area contributed by atoms with Gasteiger partial charge in [-0.2, -0.15) is 10.2 Å². The molecular weight excluding hydrogens is 156 g/mol. The van der Waals surface area contributed by atoms with E-state index in [-0.39, 0.29) is 18.3 Å². The summed E-state index contributed by atoms with van der Waals surface area (Å²) in [6.45, 7) is 0.00983. The number of hydrazone groups is 1. The van der Waals surface area contributed by atoms with E-state index < -0.39 is 0 Å². The van der Waals surface area contributed by atoms with Crippen LogP contribution >= 0.6 is 11.6 Å². The van der Waals surface area contributed by atoms with Crippen molar-refractivity contribution in [2.24, 2.45) is 21.2 Å². The number of nitrogens with zero attached hydrogens (tertiary/aromatic N) is 3. The van der Waals surface area contributed by atoms with Gasteiger partial charge in [0.1, 0.15) is 12.8 Å². The molecule has 0 unspecified atom stereocenters. The standard InChI is InChI=1S/C4H7ClN4O/c5-3-4(8-6)9-7-1-2-10/h2H,1,3,6H2/b8-4-,9-7?. The number of halogens is 1. The highest BCUT2D eigenvalue weighted by atomic mass is 35.5. The first-order valence-corrected chi connectivity index (χ1v) is 3.02. The van der Waals surface area contributed by atoms with Crippen LogP contribution in [-0.2, 0) is 4.79 Å². The van der Waals surface area contributed by atoms with E-state index in [0.29, 0.717) is 6.29 Å². The van der Waals surface area contributed by atoms with Gasteiger partial charge in [-0.25, -0.2) is 0 Å². The SMILES string of the molecule is N/N=C(/CCl)N=NCC=O. The number of rotatable bonds is 3. The summed E-state index contributed by atoms with van der Waals surface area (Å²) in [5.74, 6) is 5.13. The minimum Gasteiger partial charge on any atom is -0.321 e. The highest BCUT2D eigenvalue weighted by molar-refractivity contribution is 6.28. The second-order valence-electron chi connectivity index (χ2n) is 1.27. The molecule has 6 heteroatoms. The number of carbonyl (C=O) groups excluding carboxylic acids is 1. The van der Waals surface area contributed by atoms with Crippen LogP contribution in [0, 0.1) is 0 Å². The van der Waals surface area contributed by atoms with Gasteiger partial charge in [0.15, 0.2) is 5.84 Å². The Hall–Kier alpha value is -0.970. The summed E-state index contributed by atoms with van der Waals surface area (Å²) in [4.78, 5) is 9.71. The van der Waals surface area contributed by atoms with Crippen LogP contribution in [0.25, 0.3) is 0 Å². The van der Waals surface area contributed by atoms with Crippen LogP contribution in [-0.4, -0.2) is 24.5 Å². The van der Waals surface area contributed by atoms with Crippen LogP contribution in [0.2, 0.25) is 0 Å². The Morgan fingerprint density at radius 2 is 2.40 bits per heavy atom. The predicted octanol–water partition coefficient (Wildman–Crippen LogP) is 0.148. The molecule has 0 aliphatic rings. The summed E-state index contributed by atoms with van der Waals surface area (Å²) in [7, 11) is 0. The topological polar surface area (TPSA) is 80.2 Å². The van der Waals surface area contributed by atoms with Crippen molar-refractivity contribution >= 4 is 23.7 Å². The second-order valence-corrected chi connectivity index (χ2v) is 1.54. The number of nitrogens with two attached hydrogens (primary N) is 1. The molecule has 0 aromatic carbocycles. The lowest BCUT2D eigenvalue weighted by molar-refractivity contribution is -0.106. The Bertz CT molecular complexity index is 155. The maximum absolute atomic E-state index is 9.71. The van der Waals surface area contributed by atoms with Gasteiger partial charge in [-0.1, -0.05) is 0 Å². The molecule has 56 valence electrons. The van der Waals surface area contributed by atoms with Gasteiger partial charge in [-0.3, -0.25) is 0 Å². The Labute approximate surface area is 63.0 Å². The first-order chi connectivity index (χ1) is 4.85. The molecule has 5 nitrogen and oxygen atoms in total. The summed E-state index contributed by atoms with van der Waals surface area (Å²) in [5.41, 5.74) is 0. The lowest BCUT2D eigenvalue weighted by atomic mass is 10.7. The number of carbonyl (C=O) groups is 1. The summed E-state index contributed by atoms with van der Waals surface area (Å²) < 4.78 is 0. The molecule has 0 heterocycles. The average Bonchev–Trinajstić information content (AvgIpc) is 1.99. The van der Waals surface area contributed by atoms with E-state index in [1.54, 1.807) is 0 Å². The molecule has 0 saturated heterocycles. The van der Waals surface area contributed by atoms with Gasteiger partial charge in [-0.05, 0) is 0 Å². The number of hydrogen-bond donors (Lipinski definition) is 1. The van der Waals surface area contributed by atoms with E-state index >= 15 is 0 Å². The predicted molar refractivity (Wildman–Crippen MR) is 38.1 cm³/mol. The Kier molecular flexibility index (Phi) is 5.56. The van der Waals surface area contributed by atoms with Crippen molar-refractivity contribution in [3.63, 3.8) is 0 Å². The highest BCUT2D eigenvalue weighted by Crippen LogP contribution is 1.84. The van der Waals surface area contributed by atoms with Gasteiger partial charge in [-0.15, -0.1) is 16.7 Å². The number of azo groups is 1. The molecule has 0 spiro atoms. The molecule has 0 aliphatic carbocycles. The molecule has 0 aromatic heterocycles. The highest BCUT2D eigenvalue weighted by Gasteiger charge is 1.89. The minimum absolute atomic E-state index is 0.00983. The van der Waals surface area contributed by atoms with Crippen LogP contribution in [0.4, 0.5) is 0 Å². The van der Waals surface area contributed by atoms with Gasteiger partial charge in [0.2, 0.25) is 0 Å². The second kappa shape index (κ2) is 6.15. The van der Waals surface area contributed by atoms with Crippen molar-refractivity contribution in [3.05, 3.63) is 0 Å². The third kappa shape index (κ3) is 3.96. The summed E-state index contributed by atoms with van der Waals surface area (Å²) in [6.07, 6.45) is 0.617. The van der Waals surface area contributed by atoms with E-state index in [4.69, 9.17) is 17.4 Å². The molecule has 0 fully saturated rings. The zero-order chi connectivity index (χ0) is 7.82. The van der Waals surface area contributed by atoms with Crippen LogP contribution in [0.15, 0.2) is 15.3 Å². The summed E-state index contributed by atoms with van der Waals surface area (Å²) in [5, 5.41) is 10.0. The zero-order valence-corrected chi connectivity index (χ0v) is 5.95. The first kappa shape index (κ1) is 9.03. The minimum atomic E-state index is 0.00983. The van der Waals surface area contributed by atoms with Crippen molar-refractivity contribution in [2.75, 3.05) is 12.4 Å². The quantitative estimate of drug-likeness (QED) is 0.122. The zero-order valence-electron chi connectivity index (χ0n) is 5.20. The van der Waals surface area contributed by atoms with Gasteiger partial charge < -0.3 is 10.6 Å². The number of alkyl halides is 1. The van der Waals surface area contributed by atoms with E-state index in [1.807, 2.05) is 0 Å². The van der Waals surface area contributed by atoms with Crippen molar-refractivity contribution in [1.29, 1.82) is 0 Å². The third-order valence-electron chi connectivity index (χ3n) is 0.611. The van der Waals surface area contributed by atoms with E-state index in [1.165, 1.54) is 0 Å². The maximum atomic E-state index is 9.71. The summed E-state index contributed by atoms with van der Waals surface area (Å²) in [6, 6.07) is 0. The number of aldehydes is 1. The van der Waals surface area contributed by atoms with Crippen molar-refractivity contribution < 1.29 is 4.79 Å². The fourth-order valence-electron chi connectivity index (χ4n) is 0.243. The van der Waals surface area contributed by atoms with E-state index in [0.717, 1.165) is 0 Å². The van der Waals surface area contributed by atoms with Crippen LogP contribution in [0.1, 0.15) is 0 Å². The lowest BCUT2D eigenvalue weighted by Crippen LogP contribution is -1.99. The van der Waals surface area contributed by atoms with Crippen molar-refractivity contribution in [1.82, 2.24) is 0 Å². The Morgan fingerprint density at radius 1 is 1.70 bits per heavy atom. The average molecular weight is 163 g/mol. The molecule has 0 amide bonds. The summed E-state index contributed by atoms with van der Waals surface area (Å²) >= 11 is 5.29. The van der Waals surface area contributed by atoms with Gasteiger partial charge in [0, 0.05) is 0 Å². The molecule has 0 atom stereocenters. The Morgan fingerprint density at radius 3 is 2.80 bits per heavy atom. The number of amidine groups is 1. The molecular formula is C4H7ClN4O. The smallest absolute Gasteiger partial charge is 0.184 e. The molecule has 0 aromatic rings. The van der Waals surface area contributed by atoms with Crippen molar-refractivity contribution in [3.8, 4) is 0 Å². The van der Waals surface area contributed by atoms with Crippen LogP contribution < -0.4 is 5.84 Å². The molecule has 0 bridgehead atoms. The fourth-order valence-corrected chi connectivity index (χ4v) is 0.365. The largest absolute Gasteiger partial charge is 0.321 e. The van der Waals surface area contributed by atoms with Gasteiger partial charge in [0.05, 0.1) is 5.88 Å². The third-order valence-corrected chi connectivity index (χ3v) is 0.850. The molecule has 2 N–H and O–H groups in total. The van der Waals surface area contributed by atoms with E-state index in [9.17, 15) is 4.79 Å². The lowest BCUT2D eigenvalue weighted by Gasteiger charge is -1.86. The van der Waals surface area contributed by atoms with Crippen LogP contribution in [0.3, 0.4) is 0 Å². The molecule has 0 rings (SSSR count). The number of hydrogen-bond acceptors (Lipinski definition) is 4. The van der Waals surface area contributed by atoms with Gasteiger partial charge in [0.25, 0.3) is 0 Å². The molecule has 10 heavy (non-hydrogen) atoms. The molecule has 0 saturated carbocycles. The van der Waals surface area contributed by atoms with Gasteiger partial charge >= 0.3 is 0 Å². The normalized spacial score (nSPS) is 12.3. The Balaban J connectivity index is 3.73. The van der Waals surface area contributed by atoms with Crippen LogP contribution in [0.5, 0.6) is 0 Å².